The van der Waals surface area contributed by atoms with Crippen molar-refractivity contribution in [3.8, 4) is 11.3 Å². The lowest BCUT2D eigenvalue weighted by Crippen LogP contribution is -2.40. The van der Waals surface area contributed by atoms with Crippen molar-refractivity contribution in [1.29, 1.82) is 0 Å². The minimum absolute atomic E-state index is 0.0549. The molecular weight excluding hydrogens is 390 g/mol. The second-order valence-corrected chi connectivity index (χ2v) is 7.42. The summed E-state index contributed by atoms with van der Waals surface area (Å²) in [6, 6.07) is 10.9. The number of nitrogens with zero attached hydrogens (tertiary/aromatic N) is 3. The molecule has 1 aliphatic rings. The number of morpholine rings is 1. The number of benzene rings is 1. The van der Waals surface area contributed by atoms with Crippen molar-refractivity contribution in [3.63, 3.8) is 0 Å². The standard InChI is InChI=1S/C22H20ClN3O3/c1-14(27)11-16-6-5-15(13-24-16)20-12-18(22(28)26-7-9-29-10-8-26)17-3-2-4-19(23)21(17)25-20/h2-6,12-13H,7-11H2,1H3. The lowest BCUT2D eigenvalue weighted by molar-refractivity contribution is -0.116. The fourth-order valence-corrected chi connectivity index (χ4v) is 3.63. The first-order valence-electron chi connectivity index (χ1n) is 9.44. The fourth-order valence-electron chi connectivity index (χ4n) is 3.41. The minimum atomic E-state index is -0.0645. The summed E-state index contributed by atoms with van der Waals surface area (Å²) >= 11 is 6.40. The summed E-state index contributed by atoms with van der Waals surface area (Å²) in [5.74, 6) is -0.00960. The van der Waals surface area contributed by atoms with E-state index in [1.807, 2.05) is 18.2 Å². The van der Waals surface area contributed by atoms with E-state index in [2.05, 4.69) is 9.97 Å². The predicted molar refractivity (Wildman–Crippen MR) is 111 cm³/mol. The number of halogens is 1. The summed E-state index contributed by atoms with van der Waals surface area (Å²) in [5, 5.41) is 1.21. The number of hydrogen-bond acceptors (Lipinski definition) is 5. The van der Waals surface area contributed by atoms with Crippen molar-refractivity contribution in [3.05, 3.63) is 58.9 Å². The highest BCUT2D eigenvalue weighted by Gasteiger charge is 2.22. The normalized spacial score (nSPS) is 14.2. The zero-order valence-electron chi connectivity index (χ0n) is 16.0. The number of hydrogen-bond donors (Lipinski definition) is 0. The van der Waals surface area contributed by atoms with E-state index in [0.29, 0.717) is 53.8 Å². The van der Waals surface area contributed by atoms with Gasteiger partial charge in [0.1, 0.15) is 5.78 Å². The third kappa shape index (κ3) is 4.13. The highest BCUT2D eigenvalue weighted by molar-refractivity contribution is 6.35. The van der Waals surface area contributed by atoms with E-state index >= 15 is 0 Å². The molecule has 0 radical (unpaired) electrons. The number of rotatable bonds is 4. The average molecular weight is 410 g/mol. The van der Waals surface area contributed by atoms with Crippen molar-refractivity contribution in [2.75, 3.05) is 26.3 Å². The number of aromatic nitrogens is 2. The van der Waals surface area contributed by atoms with Gasteiger partial charge in [0, 0.05) is 42.4 Å². The summed E-state index contributed by atoms with van der Waals surface area (Å²) in [4.78, 5) is 35.4. The third-order valence-corrected chi connectivity index (χ3v) is 5.17. The largest absolute Gasteiger partial charge is 0.378 e. The lowest BCUT2D eigenvalue weighted by atomic mass is 10.0. The maximum atomic E-state index is 13.2. The molecule has 0 N–H and O–H groups in total. The topological polar surface area (TPSA) is 72.4 Å². The number of ketones is 1. The molecule has 1 amide bonds. The number of para-hydroxylation sites is 1. The number of carbonyl (C=O) groups is 2. The molecule has 3 aromatic rings. The molecular formula is C22H20ClN3O3. The Morgan fingerprint density at radius 2 is 1.97 bits per heavy atom. The number of carbonyl (C=O) groups excluding carboxylic acids is 2. The predicted octanol–water partition coefficient (Wildman–Crippen LogP) is 3.55. The molecule has 6 nitrogen and oxygen atoms in total. The van der Waals surface area contributed by atoms with Crippen molar-refractivity contribution < 1.29 is 14.3 Å². The van der Waals surface area contributed by atoms with Crippen molar-refractivity contribution >= 4 is 34.2 Å². The van der Waals surface area contributed by atoms with Crippen LogP contribution >= 0.6 is 11.6 Å². The molecule has 2 aromatic heterocycles. The van der Waals surface area contributed by atoms with Gasteiger partial charge in [-0.05, 0) is 31.2 Å². The zero-order chi connectivity index (χ0) is 20.4. The SMILES string of the molecule is CC(=O)Cc1ccc(-c2cc(C(=O)N3CCOCC3)c3cccc(Cl)c3n2)cn1. The zero-order valence-corrected chi connectivity index (χ0v) is 16.8. The van der Waals surface area contributed by atoms with Crippen molar-refractivity contribution in [2.45, 2.75) is 13.3 Å². The Kier molecular flexibility index (Phi) is 5.56. The van der Waals surface area contributed by atoms with Gasteiger partial charge in [-0.15, -0.1) is 0 Å². The molecule has 0 saturated carbocycles. The van der Waals surface area contributed by atoms with Gasteiger partial charge in [-0.25, -0.2) is 4.98 Å². The quantitative estimate of drug-likeness (QED) is 0.658. The molecule has 0 aliphatic carbocycles. The van der Waals surface area contributed by atoms with E-state index in [1.54, 1.807) is 29.3 Å². The van der Waals surface area contributed by atoms with Gasteiger partial charge in [0.25, 0.3) is 5.91 Å². The molecule has 1 aromatic carbocycles. The molecule has 1 aliphatic heterocycles. The molecule has 29 heavy (non-hydrogen) atoms. The second-order valence-electron chi connectivity index (χ2n) is 7.01. The maximum Gasteiger partial charge on any atom is 0.254 e. The smallest absolute Gasteiger partial charge is 0.254 e. The summed E-state index contributed by atoms with van der Waals surface area (Å²) in [6.07, 6.45) is 1.96. The van der Waals surface area contributed by atoms with Crippen LogP contribution in [0.1, 0.15) is 23.0 Å². The van der Waals surface area contributed by atoms with Crippen LogP contribution in [0.4, 0.5) is 0 Å². The number of pyridine rings is 2. The van der Waals surface area contributed by atoms with E-state index in [-0.39, 0.29) is 18.1 Å². The lowest BCUT2D eigenvalue weighted by Gasteiger charge is -2.27. The molecule has 0 atom stereocenters. The molecule has 0 spiro atoms. The Hall–Kier alpha value is -2.83. The summed E-state index contributed by atoms with van der Waals surface area (Å²) in [7, 11) is 0. The first kappa shape index (κ1) is 19.5. The molecule has 0 bridgehead atoms. The van der Waals surface area contributed by atoms with Gasteiger partial charge in [-0.2, -0.15) is 0 Å². The monoisotopic (exact) mass is 409 g/mol. The van der Waals surface area contributed by atoms with Crippen LogP contribution in [0.5, 0.6) is 0 Å². The first-order chi connectivity index (χ1) is 14.0. The third-order valence-electron chi connectivity index (χ3n) is 4.87. The van der Waals surface area contributed by atoms with Crippen LogP contribution in [0.25, 0.3) is 22.2 Å². The molecule has 0 unspecified atom stereocenters. The van der Waals surface area contributed by atoms with E-state index in [9.17, 15) is 9.59 Å². The Labute approximate surface area is 173 Å². The van der Waals surface area contributed by atoms with E-state index in [0.717, 1.165) is 10.9 Å². The van der Waals surface area contributed by atoms with Gasteiger partial charge in [-0.3, -0.25) is 14.6 Å². The highest BCUT2D eigenvalue weighted by Crippen LogP contribution is 2.30. The van der Waals surface area contributed by atoms with Crippen LogP contribution in [-0.2, 0) is 16.0 Å². The van der Waals surface area contributed by atoms with Gasteiger partial charge in [0.2, 0.25) is 0 Å². The van der Waals surface area contributed by atoms with Gasteiger partial charge >= 0.3 is 0 Å². The Morgan fingerprint density at radius 1 is 1.17 bits per heavy atom. The second kappa shape index (κ2) is 8.27. The average Bonchev–Trinajstić information content (AvgIpc) is 2.74. The van der Waals surface area contributed by atoms with E-state index in [1.165, 1.54) is 6.92 Å². The Morgan fingerprint density at radius 3 is 2.66 bits per heavy atom. The number of Topliss-reactive ketones (excluding diaryl/α,β-unsaturated/α-hetero) is 1. The Bertz CT molecular complexity index is 1080. The first-order valence-corrected chi connectivity index (χ1v) is 9.82. The molecule has 1 fully saturated rings. The Balaban J connectivity index is 1.80. The van der Waals surface area contributed by atoms with E-state index < -0.39 is 0 Å². The maximum absolute atomic E-state index is 13.2. The van der Waals surface area contributed by atoms with Crippen molar-refractivity contribution in [1.82, 2.24) is 14.9 Å². The molecule has 7 heteroatoms. The number of fused-ring (bicyclic) bond motifs is 1. The molecule has 148 valence electrons. The van der Waals surface area contributed by atoms with Crippen LogP contribution in [-0.4, -0.2) is 52.9 Å². The molecule has 1 saturated heterocycles. The minimum Gasteiger partial charge on any atom is -0.378 e. The van der Waals surface area contributed by atoms with Gasteiger partial charge in [-0.1, -0.05) is 23.7 Å². The van der Waals surface area contributed by atoms with Gasteiger partial charge < -0.3 is 9.64 Å². The van der Waals surface area contributed by atoms with Crippen LogP contribution in [0.3, 0.4) is 0 Å². The number of amides is 1. The molecule has 4 rings (SSSR count). The van der Waals surface area contributed by atoms with Gasteiger partial charge in [0.05, 0.1) is 35.0 Å². The fraction of sp³-hybridized carbons (Fsp3) is 0.273. The summed E-state index contributed by atoms with van der Waals surface area (Å²) in [5.41, 5.74) is 3.21. The molecule has 3 heterocycles. The summed E-state index contributed by atoms with van der Waals surface area (Å²) < 4.78 is 5.36. The van der Waals surface area contributed by atoms with Crippen LogP contribution in [0.2, 0.25) is 5.02 Å². The van der Waals surface area contributed by atoms with Crippen LogP contribution in [0.15, 0.2) is 42.6 Å². The van der Waals surface area contributed by atoms with Crippen LogP contribution < -0.4 is 0 Å². The van der Waals surface area contributed by atoms with Gasteiger partial charge in [0.15, 0.2) is 0 Å². The van der Waals surface area contributed by atoms with Crippen LogP contribution in [0, 0.1) is 0 Å². The highest BCUT2D eigenvalue weighted by atomic mass is 35.5. The van der Waals surface area contributed by atoms with Crippen molar-refractivity contribution in [2.24, 2.45) is 0 Å². The number of ether oxygens (including phenoxy) is 1. The van der Waals surface area contributed by atoms with E-state index in [4.69, 9.17) is 16.3 Å². The summed E-state index contributed by atoms with van der Waals surface area (Å²) in [6.45, 7) is 3.71.